The smallest absolute Gasteiger partial charge is 0.321 e. The number of likely N-dealkylation sites (tertiary alicyclic amines) is 1. The maximum Gasteiger partial charge on any atom is 0.321 e. The van der Waals surface area contributed by atoms with Crippen LogP contribution in [0.3, 0.4) is 0 Å². The average Bonchev–Trinajstić information content (AvgIpc) is 3.07. The molecule has 0 radical (unpaired) electrons. The third kappa shape index (κ3) is 4.96. The number of para-hydroxylation sites is 1. The van der Waals surface area contributed by atoms with Gasteiger partial charge < -0.3 is 15.5 Å². The Hall–Kier alpha value is -3.68. The van der Waals surface area contributed by atoms with Crippen LogP contribution in [0.2, 0.25) is 0 Å². The molecule has 0 aliphatic carbocycles. The number of hydrogen-bond donors (Lipinski definition) is 2. The summed E-state index contributed by atoms with van der Waals surface area (Å²) < 4.78 is 1.30. The van der Waals surface area contributed by atoms with Gasteiger partial charge in [-0.05, 0) is 55.7 Å². The van der Waals surface area contributed by atoms with Gasteiger partial charge in [0.1, 0.15) is 6.54 Å². The lowest BCUT2D eigenvalue weighted by Crippen LogP contribution is -2.35. The standard InChI is InChI=1S/C24H27N5O3/c1-17-7-6-8-20-22(17)25-16-29(23(20)31)15-21(30)26-18-9-11-19(12-10-18)27-24(32)28-13-4-2-3-5-14-28/h6-12,16H,2-5,13-15H2,1H3,(H,26,30)(H,27,32). The lowest BCUT2D eigenvalue weighted by molar-refractivity contribution is -0.116. The number of carbonyl (C=O) groups is 2. The molecular formula is C24H27N5O3. The minimum Gasteiger partial charge on any atom is -0.325 e. The summed E-state index contributed by atoms with van der Waals surface area (Å²) in [5.41, 5.74) is 2.56. The highest BCUT2D eigenvalue weighted by Gasteiger charge is 2.15. The van der Waals surface area contributed by atoms with Crippen molar-refractivity contribution in [1.29, 1.82) is 0 Å². The van der Waals surface area contributed by atoms with Crippen molar-refractivity contribution in [3.8, 4) is 0 Å². The van der Waals surface area contributed by atoms with Gasteiger partial charge in [0, 0.05) is 24.5 Å². The number of hydrogen-bond acceptors (Lipinski definition) is 4. The van der Waals surface area contributed by atoms with Crippen molar-refractivity contribution in [1.82, 2.24) is 14.5 Å². The summed E-state index contributed by atoms with van der Waals surface area (Å²) in [4.78, 5) is 43.7. The molecule has 4 rings (SSSR count). The molecule has 0 saturated carbocycles. The molecule has 1 fully saturated rings. The number of nitrogens with zero attached hydrogens (tertiary/aromatic N) is 3. The zero-order valence-electron chi connectivity index (χ0n) is 18.1. The highest BCUT2D eigenvalue weighted by atomic mass is 16.2. The van der Waals surface area contributed by atoms with Gasteiger partial charge in [0.2, 0.25) is 5.91 Å². The van der Waals surface area contributed by atoms with Gasteiger partial charge in [-0.2, -0.15) is 0 Å². The number of fused-ring (bicyclic) bond motifs is 1. The summed E-state index contributed by atoms with van der Waals surface area (Å²) in [5, 5.41) is 6.18. The number of urea groups is 1. The summed E-state index contributed by atoms with van der Waals surface area (Å²) >= 11 is 0. The van der Waals surface area contributed by atoms with E-state index in [4.69, 9.17) is 0 Å². The second-order valence-electron chi connectivity index (χ2n) is 8.11. The molecule has 166 valence electrons. The van der Waals surface area contributed by atoms with Gasteiger partial charge >= 0.3 is 6.03 Å². The Morgan fingerprint density at radius 3 is 2.28 bits per heavy atom. The van der Waals surface area contributed by atoms with Gasteiger partial charge in [0.05, 0.1) is 17.2 Å². The fourth-order valence-electron chi connectivity index (χ4n) is 3.92. The number of aryl methyl sites for hydroxylation is 1. The first-order valence-corrected chi connectivity index (χ1v) is 10.9. The molecule has 8 nitrogen and oxygen atoms in total. The molecule has 3 amide bonds. The maximum absolute atomic E-state index is 12.7. The first-order valence-electron chi connectivity index (χ1n) is 10.9. The molecule has 1 aliphatic heterocycles. The van der Waals surface area contributed by atoms with Crippen LogP contribution in [-0.2, 0) is 11.3 Å². The van der Waals surface area contributed by atoms with E-state index in [9.17, 15) is 14.4 Å². The largest absolute Gasteiger partial charge is 0.325 e. The van der Waals surface area contributed by atoms with E-state index in [1.54, 1.807) is 36.4 Å². The molecule has 0 unspecified atom stereocenters. The van der Waals surface area contributed by atoms with Crippen molar-refractivity contribution in [3.63, 3.8) is 0 Å². The molecule has 0 spiro atoms. The van der Waals surface area contributed by atoms with Crippen LogP contribution in [0, 0.1) is 6.92 Å². The number of anilines is 2. The van der Waals surface area contributed by atoms with Gasteiger partial charge in [-0.15, -0.1) is 0 Å². The minimum absolute atomic E-state index is 0.0953. The van der Waals surface area contributed by atoms with Crippen LogP contribution in [0.15, 0.2) is 53.6 Å². The predicted molar refractivity (Wildman–Crippen MR) is 125 cm³/mol. The number of amides is 3. The first-order chi connectivity index (χ1) is 15.5. The highest BCUT2D eigenvalue weighted by Crippen LogP contribution is 2.16. The molecule has 1 aliphatic rings. The van der Waals surface area contributed by atoms with Crippen LogP contribution >= 0.6 is 0 Å². The van der Waals surface area contributed by atoms with E-state index in [-0.39, 0.29) is 24.0 Å². The second-order valence-corrected chi connectivity index (χ2v) is 8.11. The quantitative estimate of drug-likeness (QED) is 0.655. The van der Waals surface area contributed by atoms with E-state index >= 15 is 0 Å². The fourth-order valence-corrected chi connectivity index (χ4v) is 3.92. The molecule has 0 atom stereocenters. The van der Waals surface area contributed by atoms with Crippen molar-refractivity contribution in [2.75, 3.05) is 23.7 Å². The third-order valence-electron chi connectivity index (χ3n) is 5.68. The number of aromatic nitrogens is 2. The Kier molecular flexibility index (Phi) is 6.49. The molecule has 32 heavy (non-hydrogen) atoms. The second kappa shape index (κ2) is 9.64. The van der Waals surface area contributed by atoms with E-state index < -0.39 is 0 Å². The van der Waals surface area contributed by atoms with E-state index in [0.717, 1.165) is 31.5 Å². The molecule has 2 aromatic carbocycles. The molecule has 8 heteroatoms. The van der Waals surface area contributed by atoms with Crippen LogP contribution < -0.4 is 16.2 Å². The number of nitrogens with one attached hydrogen (secondary N) is 2. The van der Waals surface area contributed by atoms with Crippen molar-refractivity contribution >= 4 is 34.2 Å². The molecule has 2 N–H and O–H groups in total. The highest BCUT2D eigenvalue weighted by molar-refractivity contribution is 5.92. The van der Waals surface area contributed by atoms with Crippen LogP contribution in [0.4, 0.5) is 16.2 Å². The van der Waals surface area contributed by atoms with Crippen molar-refractivity contribution in [2.45, 2.75) is 39.2 Å². The Morgan fingerprint density at radius 2 is 1.59 bits per heavy atom. The van der Waals surface area contributed by atoms with E-state index in [1.807, 2.05) is 17.9 Å². The van der Waals surface area contributed by atoms with Crippen LogP contribution in [0.25, 0.3) is 10.9 Å². The van der Waals surface area contributed by atoms with Gasteiger partial charge in [0.25, 0.3) is 5.56 Å². The van der Waals surface area contributed by atoms with Gasteiger partial charge in [-0.1, -0.05) is 25.0 Å². The lowest BCUT2D eigenvalue weighted by atomic mass is 10.1. The Morgan fingerprint density at radius 1 is 0.938 bits per heavy atom. The first kappa shape index (κ1) is 21.5. The van der Waals surface area contributed by atoms with E-state index in [0.29, 0.717) is 22.3 Å². The molecule has 0 bridgehead atoms. The van der Waals surface area contributed by atoms with Gasteiger partial charge in [-0.3, -0.25) is 14.2 Å². The average molecular weight is 434 g/mol. The molecule has 1 aromatic heterocycles. The molecule has 3 aromatic rings. The van der Waals surface area contributed by atoms with Gasteiger partial charge in [-0.25, -0.2) is 9.78 Å². The van der Waals surface area contributed by atoms with Crippen LogP contribution in [-0.4, -0.2) is 39.5 Å². The number of carbonyl (C=O) groups excluding carboxylic acids is 2. The normalized spacial score (nSPS) is 14.1. The SMILES string of the molecule is Cc1cccc2c(=O)n(CC(=O)Nc3ccc(NC(=O)N4CCCCCC4)cc3)cnc12. The summed E-state index contributed by atoms with van der Waals surface area (Å²) in [6, 6.07) is 12.3. The molecule has 2 heterocycles. The third-order valence-corrected chi connectivity index (χ3v) is 5.68. The Bertz CT molecular complexity index is 1180. The molecule has 1 saturated heterocycles. The number of rotatable bonds is 4. The zero-order chi connectivity index (χ0) is 22.5. The van der Waals surface area contributed by atoms with Crippen molar-refractivity contribution in [3.05, 3.63) is 64.7 Å². The summed E-state index contributed by atoms with van der Waals surface area (Å²) in [6.45, 7) is 3.32. The summed E-state index contributed by atoms with van der Waals surface area (Å²) in [5.74, 6) is -0.331. The van der Waals surface area contributed by atoms with Crippen molar-refractivity contribution in [2.24, 2.45) is 0 Å². The number of benzene rings is 2. The zero-order valence-corrected chi connectivity index (χ0v) is 18.1. The molecular weight excluding hydrogens is 406 g/mol. The van der Waals surface area contributed by atoms with Crippen LogP contribution in [0.1, 0.15) is 31.2 Å². The summed E-state index contributed by atoms with van der Waals surface area (Å²) in [6.07, 6.45) is 5.80. The predicted octanol–water partition coefficient (Wildman–Crippen LogP) is 3.75. The fraction of sp³-hybridized carbons (Fsp3) is 0.333. The van der Waals surface area contributed by atoms with Crippen LogP contribution in [0.5, 0.6) is 0 Å². The monoisotopic (exact) mass is 433 g/mol. The topological polar surface area (TPSA) is 96.3 Å². The lowest BCUT2D eigenvalue weighted by Gasteiger charge is -2.20. The Balaban J connectivity index is 1.37. The minimum atomic E-state index is -0.331. The Labute approximate surface area is 186 Å². The van der Waals surface area contributed by atoms with E-state index in [1.165, 1.54) is 23.7 Å². The maximum atomic E-state index is 12.7. The van der Waals surface area contributed by atoms with Gasteiger partial charge in [0.15, 0.2) is 0 Å². The van der Waals surface area contributed by atoms with E-state index in [2.05, 4.69) is 15.6 Å². The van der Waals surface area contributed by atoms with Crippen molar-refractivity contribution < 1.29 is 9.59 Å². The summed E-state index contributed by atoms with van der Waals surface area (Å²) in [7, 11) is 0.